The normalized spacial score (nSPS) is 17.1. The SMILES string of the molecule is C=CCOc1ccc(C(O)=C2C(=O)C(=O)N(CCCOC)[C@@H]2c2ccc(O)c(OCC)c2)cc1. The third kappa shape index (κ3) is 5.23. The van der Waals surface area contributed by atoms with E-state index in [-0.39, 0.29) is 29.4 Å². The van der Waals surface area contributed by atoms with Crippen molar-refractivity contribution >= 4 is 17.4 Å². The first-order valence-corrected chi connectivity index (χ1v) is 11.0. The monoisotopic (exact) mass is 467 g/mol. The minimum atomic E-state index is -0.853. The number of nitrogens with zero attached hydrogens (tertiary/aromatic N) is 1. The van der Waals surface area contributed by atoms with Gasteiger partial charge >= 0.3 is 0 Å². The second-order valence-electron chi connectivity index (χ2n) is 7.62. The molecule has 1 amide bonds. The number of methoxy groups -OCH3 is 1. The second kappa shape index (κ2) is 11.4. The van der Waals surface area contributed by atoms with Crippen molar-refractivity contribution in [1.29, 1.82) is 0 Å². The van der Waals surface area contributed by atoms with Crippen LogP contribution in [-0.2, 0) is 14.3 Å². The van der Waals surface area contributed by atoms with Gasteiger partial charge in [0.25, 0.3) is 11.7 Å². The van der Waals surface area contributed by atoms with Crippen molar-refractivity contribution in [3.05, 3.63) is 71.8 Å². The number of hydrogen-bond donors (Lipinski definition) is 2. The highest BCUT2D eigenvalue weighted by molar-refractivity contribution is 6.46. The smallest absolute Gasteiger partial charge is 0.295 e. The van der Waals surface area contributed by atoms with Crippen LogP contribution in [-0.4, -0.2) is 60.3 Å². The van der Waals surface area contributed by atoms with Crippen LogP contribution in [0.3, 0.4) is 0 Å². The summed E-state index contributed by atoms with van der Waals surface area (Å²) in [5.74, 6) is -1.03. The van der Waals surface area contributed by atoms with Crippen LogP contribution in [0.2, 0.25) is 0 Å². The summed E-state index contributed by atoms with van der Waals surface area (Å²) in [5.41, 5.74) is 0.871. The fraction of sp³-hybridized carbons (Fsp3) is 0.308. The van der Waals surface area contributed by atoms with Gasteiger partial charge in [0, 0.05) is 25.8 Å². The number of amides is 1. The van der Waals surface area contributed by atoms with E-state index in [1.54, 1.807) is 56.5 Å². The van der Waals surface area contributed by atoms with E-state index in [4.69, 9.17) is 14.2 Å². The molecular formula is C26H29NO7. The summed E-state index contributed by atoms with van der Waals surface area (Å²) in [5, 5.41) is 21.3. The summed E-state index contributed by atoms with van der Waals surface area (Å²) >= 11 is 0. The summed E-state index contributed by atoms with van der Waals surface area (Å²) in [6.07, 6.45) is 2.12. The molecule has 2 aromatic rings. The molecule has 1 fully saturated rings. The van der Waals surface area contributed by atoms with Crippen LogP contribution in [0.1, 0.15) is 30.5 Å². The van der Waals surface area contributed by atoms with Gasteiger partial charge in [-0.3, -0.25) is 9.59 Å². The lowest BCUT2D eigenvalue weighted by Crippen LogP contribution is -2.31. The number of carbonyl (C=O) groups excluding carboxylic acids is 2. The molecule has 0 aromatic heterocycles. The van der Waals surface area contributed by atoms with Crippen molar-refractivity contribution in [2.45, 2.75) is 19.4 Å². The predicted molar refractivity (Wildman–Crippen MR) is 127 cm³/mol. The number of hydrogen-bond acceptors (Lipinski definition) is 7. The minimum Gasteiger partial charge on any atom is -0.507 e. The van der Waals surface area contributed by atoms with Gasteiger partial charge < -0.3 is 29.3 Å². The molecule has 180 valence electrons. The molecule has 2 aromatic carbocycles. The van der Waals surface area contributed by atoms with Crippen molar-refractivity contribution in [2.24, 2.45) is 0 Å². The summed E-state index contributed by atoms with van der Waals surface area (Å²) in [6.45, 7) is 6.70. The average molecular weight is 468 g/mol. The molecule has 1 aliphatic heterocycles. The number of ether oxygens (including phenoxy) is 3. The molecule has 0 unspecified atom stereocenters. The summed E-state index contributed by atoms with van der Waals surface area (Å²) in [4.78, 5) is 27.4. The number of ketones is 1. The summed E-state index contributed by atoms with van der Waals surface area (Å²) < 4.78 is 16.1. The van der Waals surface area contributed by atoms with E-state index in [2.05, 4.69) is 6.58 Å². The third-order valence-corrected chi connectivity index (χ3v) is 5.38. The zero-order valence-corrected chi connectivity index (χ0v) is 19.3. The highest BCUT2D eigenvalue weighted by atomic mass is 16.5. The minimum absolute atomic E-state index is 0.0321. The molecule has 0 radical (unpaired) electrons. The van der Waals surface area contributed by atoms with Crippen LogP contribution in [0.15, 0.2) is 60.7 Å². The quantitative estimate of drug-likeness (QED) is 0.170. The summed E-state index contributed by atoms with van der Waals surface area (Å²) in [6, 6.07) is 10.3. The second-order valence-corrected chi connectivity index (χ2v) is 7.62. The van der Waals surface area contributed by atoms with Gasteiger partial charge in [0.15, 0.2) is 11.5 Å². The van der Waals surface area contributed by atoms with Crippen molar-refractivity contribution in [3.63, 3.8) is 0 Å². The molecule has 2 N–H and O–H groups in total. The van der Waals surface area contributed by atoms with E-state index in [0.717, 1.165) is 0 Å². The van der Waals surface area contributed by atoms with E-state index in [1.807, 2.05) is 0 Å². The zero-order valence-electron chi connectivity index (χ0n) is 19.3. The van der Waals surface area contributed by atoms with Gasteiger partial charge in [0.1, 0.15) is 18.1 Å². The third-order valence-electron chi connectivity index (χ3n) is 5.38. The number of rotatable bonds is 11. The molecule has 8 heteroatoms. The van der Waals surface area contributed by atoms with Crippen LogP contribution in [0.4, 0.5) is 0 Å². The van der Waals surface area contributed by atoms with Crippen LogP contribution >= 0.6 is 0 Å². The Labute approximate surface area is 198 Å². The molecule has 3 rings (SSSR count). The Morgan fingerprint density at radius 1 is 1.15 bits per heavy atom. The number of phenolic OH excluding ortho intramolecular Hbond substituents is 1. The molecule has 1 saturated heterocycles. The lowest BCUT2D eigenvalue weighted by molar-refractivity contribution is -0.140. The van der Waals surface area contributed by atoms with Crippen molar-refractivity contribution in [3.8, 4) is 17.2 Å². The Hall–Kier alpha value is -3.78. The Morgan fingerprint density at radius 2 is 1.88 bits per heavy atom. The highest BCUT2D eigenvalue weighted by Gasteiger charge is 2.46. The van der Waals surface area contributed by atoms with E-state index < -0.39 is 17.7 Å². The first kappa shape index (κ1) is 24.9. The number of phenols is 1. The number of aromatic hydroxyl groups is 1. The number of benzene rings is 2. The summed E-state index contributed by atoms with van der Waals surface area (Å²) in [7, 11) is 1.56. The molecule has 1 heterocycles. The lowest BCUT2D eigenvalue weighted by atomic mass is 9.95. The average Bonchev–Trinajstić information content (AvgIpc) is 3.09. The first-order valence-electron chi connectivity index (χ1n) is 11.0. The Kier molecular flexibility index (Phi) is 8.32. The standard InChI is InChI=1S/C26H29NO7/c1-4-14-34-19-10-7-17(8-11-19)24(29)22-23(18-9-12-20(28)21(16-18)33-5-2)27(13-6-15-32-3)26(31)25(22)30/h4,7-12,16,23,28-29H,1,5-6,13-15H2,2-3H3/t23-/m1/s1. The topological polar surface area (TPSA) is 106 Å². The van der Waals surface area contributed by atoms with E-state index in [1.165, 1.54) is 11.0 Å². The number of likely N-dealkylation sites (tertiary alicyclic amines) is 1. The molecule has 0 spiro atoms. The molecule has 1 aliphatic rings. The molecular weight excluding hydrogens is 438 g/mol. The van der Waals surface area contributed by atoms with Gasteiger partial charge in [-0.15, -0.1) is 0 Å². The van der Waals surface area contributed by atoms with Crippen molar-refractivity contribution < 1.29 is 34.0 Å². The molecule has 0 saturated carbocycles. The van der Waals surface area contributed by atoms with E-state index >= 15 is 0 Å². The van der Waals surface area contributed by atoms with Gasteiger partial charge in [0.05, 0.1) is 18.2 Å². The van der Waals surface area contributed by atoms with Gasteiger partial charge in [-0.1, -0.05) is 18.7 Å². The van der Waals surface area contributed by atoms with Gasteiger partial charge in [0.2, 0.25) is 0 Å². The Balaban J connectivity index is 2.09. The Bertz CT molecular complexity index is 1080. The van der Waals surface area contributed by atoms with Gasteiger partial charge in [-0.05, 0) is 55.3 Å². The molecule has 0 bridgehead atoms. The van der Waals surface area contributed by atoms with Crippen LogP contribution < -0.4 is 9.47 Å². The maximum absolute atomic E-state index is 13.1. The van der Waals surface area contributed by atoms with Gasteiger partial charge in [-0.2, -0.15) is 0 Å². The van der Waals surface area contributed by atoms with Crippen molar-refractivity contribution in [1.82, 2.24) is 4.90 Å². The van der Waals surface area contributed by atoms with E-state index in [9.17, 15) is 19.8 Å². The van der Waals surface area contributed by atoms with E-state index in [0.29, 0.717) is 43.1 Å². The fourth-order valence-electron chi connectivity index (χ4n) is 3.83. The first-order chi connectivity index (χ1) is 16.4. The molecule has 8 nitrogen and oxygen atoms in total. The highest BCUT2D eigenvalue weighted by Crippen LogP contribution is 2.42. The zero-order chi connectivity index (χ0) is 24.7. The lowest BCUT2D eigenvalue weighted by Gasteiger charge is -2.25. The maximum atomic E-state index is 13.1. The van der Waals surface area contributed by atoms with Gasteiger partial charge in [-0.25, -0.2) is 0 Å². The largest absolute Gasteiger partial charge is 0.507 e. The number of aliphatic hydroxyl groups excluding tert-OH is 1. The maximum Gasteiger partial charge on any atom is 0.295 e. The fourth-order valence-corrected chi connectivity index (χ4v) is 3.83. The van der Waals surface area contributed by atoms with Crippen LogP contribution in [0.25, 0.3) is 5.76 Å². The molecule has 0 aliphatic carbocycles. The van der Waals surface area contributed by atoms with Crippen LogP contribution in [0.5, 0.6) is 17.2 Å². The predicted octanol–water partition coefficient (Wildman–Crippen LogP) is 3.81. The number of Topliss-reactive ketones (excluding diaryl/α,β-unsaturated/α-hetero) is 1. The van der Waals surface area contributed by atoms with Crippen molar-refractivity contribution in [2.75, 3.05) is 33.5 Å². The number of aliphatic hydroxyl groups is 1. The molecule has 34 heavy (non-hydrogen) atoms. The number of carbonyl (C=O) groups is 2. The molecule has 1 atom stereocenters. The van der Waals surface area contributed by atoms with Crippen LogP contribution in [0, 0.1) is 0 Å². The Morgan fingerprint density at radius 3 is 2.53 bits per heavy atom.